The summed E-state index contributed by atoms with van der Waals surface area (Å²) in [5.41, 5.74) is 1.56. The predicted octanol–water partition coefficient (Wildman–Crippen LogP) is 2.94. The molecular formula is C19H24N2O4S. The summed E-state index contributed by atoms with van der Waals surface area (Å²) in [4.78, 5) is 14.3. The number of sulfonamides is 1. The van der Waals surface area contributed by atoms with Crippen molar-refractivity contribution < 1.29 is 17.6 Å². The summed E-state index contributed by atoms with van der Waals surface area (Å²) >= 11 is 0. The Morgan fingerprint density at radius 1 is 1.27 bits per heavy atom. The first-order valence-corrected chi connectivity index (χ1v) is 10.1. The minimum absolute atomic E-state index is 0.0251. The van der Waals surface area contributed by atoms with E-state index in [1.807, 2.05) is 12.1 Å². The number of primary sulfonamides is 1. The van der Waals surface area contributed by atoms with E-state index in [1.165, 1.54) is 11.0 Å². The maximum atomic E-state index is 12.8. The van der Waals surface area contributed by atoms with E-state index in [1.54, 1.807) is 27.0 Å². The first-order chi connectivity index (χ1) is 12.1. The van der Waals surface area contributed by atoms with Crippen LogP contribution in [0.1, 0.15) is 52.3 Å². The smallest absolute Gasteiger partial charge is 0.254 e. The fourth-order valence-electron chi connectivity index (χ4n) is 3.28. The second-order valence-electron chi connectivity index (χ2n) is 7.26. The van der Waals surface area contributed by atoms with Gasteiger partial charge in [0.1, 0.15) is 11.5 Å². The number of aryl methyl sites for hydroxylation is 2. The largest absolute Gasteiger partial charge is 0.464 e. The first kappa shape index (κ1) is 18.7. The maximum Gasteiger partial charge on any atom is 0.254 e. The zero-order valence-electron chi connectivity index (χ0n) is 15.4. The second-order valence-corrected chi connectivity index (χ2v) is 8.79. The number of nitrogens with zero attached hydrogens (tertiary/aromatic N) is 1. The summed E-state index contributed by atoms with van der Waals surface area (Å²) in [6.45, 7) is 5.94. The number of amides is 1. The van der Waals surface area contributed by atoms with Crippen molar-refractivity contribution in [3.63, 3.8) is 0 Å². The lowest BCUT2D eigenvalue weighted by molar-refractivity contribution is 0.0774. The maximum absolute atomic E-state index is 12.8. The lowest BCUT2D eigenvalue weighted by Gasteiger charge is -2.18. The van der Waals surface area contributed by atoms with E-state index in [2.05, 4.69) is 6.92 Å². The fraction of sp³-hybridized carbons (Fsp3) is 0.421. The second kappa shape index (κ2) is 6.55. The van der Waals surface area contributed by atoms with Gasteiger partial charge in [0.2, 0.25) is 10.0 Å². The fourth-order valence-corrected chi connectivity index (χ4v) is 4.07. The van der Waals surface area contributed by atoms with Gasteiger partial charge in [0.25, 0.3) is 5.91 Å². The number of benzene rings is 1. The van der Waals surface area contributed by atoms with E-state index in [9.17, 15) is 13.2 Å². The van der Waals surface area contributed by atoms with Crippen LogP contribution in [0, 0.1) is 19.8 Å². The van der Waals surface area contributed by atoms with E-state index in [0.29, 0.717) is 40.8 Å². The first-order valence-electron chi connectivity index (χ1n) is 8.56. The lowest BCUT2D eigenvalue weighted by Crippen LogP contribution is -2.27. The van der Waals surface area contributed by atoms with E-state index in [0.717, 1.165) is 12.2 Å². The third kappa shape index (κ3) is 3.68. The highest BCUT2D eigenvalue weighted by atomic mass is 32.2. The van der Waals surface area contributed by atoms with Crippen molar-refractivity contribution in [3.05, 3.63) is 52.5 Å². The standard InChI is InChI=1S/C19H24N2O4S/c1-11-7-13(3)18(26(20,23)24)9-16(11)19(22)21(4)10-14-5-6-17(25-14)15-8-12(15)2/h5-7,9,12,15H,8,10H2,1-4H3,(H2,20,23,24)/t12-,15+/m0/s1. The average molecular weight is 376 g/mol. The van der Waals surface area contributed by atoms with Gasteiger partial charge in [0, 0.05) is 18.5 Å². The number of hydrogen-bond donors (Lipinski definition) is 1. The van der Waals surface area contributed by atoms with Crippen LogP contribution >= 0.6 is 0 Å². The number of nitrogens with two attached hydrogens (primary N) is 1. The molecule has 1 heterocycles. The van der Waals surface area contributed by atoms with E-state index in [-0.39, 0.29) is 10.8 Å². The third-order valence-corrected chi connectivity index (χ3v) is 6.01. The van der Waals surface area contributed by atoms with E-state index in [4.69, 9.17) is 9.56 Å². The van der Waals surface area contributed by atoms with Crippen molar-refractivity contribution in [2.75, 3.05) is 7.05 Å². The Morgan fingerprint density at radius 3 is 2.50 bits per heavy atom. The molecule has 26 heavy (non-hydrogen) atoms. The molecule has 0 aliphatic heterocycles. The topological polar surface area (TPSA) is 93.6 Å². The van der Waals surface area contributed by atoms with Crippen molar-refractivity contribution in [2.24, 2.45) is 11.1 Å². The molecule has 0 spiro atoms. The summed E-state index contributed by atoms with van der Waals surface area (Å²) in [5.74, 6) is 2.55. The van der Waals surface area contributed by atoms with Crippen LogP contribution in [0.15, 0.2) is 33.6 Å². The van der Waals surface area contributed by atoms with Crippen LogP contribution in [0.2, 0.25) is 0 Å². The molecular weight excluding hydrogens is 352 g/mol. The number of furan rings is 1. The Balaban J connectivity index is 1.81. The average Bonchev–Trinajstić information content (AvgIpc) is 3.07. The predicted molar refractivity (Wildman–Crippen MR) is 98.3 cm³/mol. The molecule has 1 aliphatic carbocycles. The highest BCUT2D eigenvalue weighted by molar-refractivity contribution is 7.89. The van der Waals surface area contributed by atoms with Gasteiger partial charge in [0.05, 0.1) is 11.4 Å². The molecule has 2 N–H and O–H groups in total. The van der Waals surface area contributed by atoms with Crippen molar-refractivity contribution in [2.45, 2.75) is 44.6 Å². The molecule has 7 heteroatoms. The Labute approximate surface area is 154 Å². The van der Waals surface area contributed by atoms with Crippen LogP contribution in [-0.4, -0.2) is 26.3 Å². The zero-order valence-corrected chi connectivity index (χ0v) is 16.3. The molecule has 0 radical (unpaired) electrons. The molecule has 140 valence electrons. The van der Waals surface area contributed by atoms with Gasteiger partial charge < -0.3 is 9.32 Å². The van der Waals surface area contributed by atoms with Crippen LogP contribution in [-0.2, 0) is 16.6 Å². The van der Waals surface area contributed by atoms with Gasteiger partial charge in [-0.15, -0.1) is 0 Å². The number of hydrogen-bond acceptors (Lipinski definition) is 4. The van der Waals surface area contributed by atoms with Gasteiger partial charge in [-0.1, -0.05) is 13.0 Å². The zero-order chi connectivity index (χ0) is 19.2. The quantitative estimate of drug-likeness (QED) is 0.868. The summed E-state index contributed by atoms with van der Waals surface area (Å²) in [6.07, 6.45) is 1.14. The molecule has 1 saturated carbocycles. The molecule has 3 rings (SSSR count). The van der Waals surface area contributed by atoms with Crippen molar-refractivity contribution >= 4 is 15.9 Å². The van der Waals surface area contributed by atoms with Crippen LogP contribution < -0.4 is 5.14 Å². The van der Waals surface area contributed by atoms with Crippen molar-refractivity contribution in [1.29, 1.82) is 0 Å². The molecule has 1 fully saturated rings. The van der Waals surface area contributed by atoms with Crippen molar-refractivity contribution in [3.8, 4) is 0 Å². The monoisotopic (exact) mass is 376 g/mol. The molecule has 1 aliphatic rings. The minimum atomic E-state index is -3.88. The van der Waals surface area contributed by atoms with Gasteiger partial charge in [-0.3, -0.25) is 4.79 Å². The molecule has 2 atom stereocenters. The highest BCUT2D eigenvalue weighted by Gasteiger charge is 2.36. The van der Waals surface area contributed by atoms with Crippen LogP contribution in [0.3, 0.4) is 0 Å². The molecule has 0 saturated heterocycles. The van der Waals surface area contributed by atoms with Gasteiger partial charge in [-0.25, -0.2) is 13.6 Å². The summed E-state index contributed by atoms with van der Waals surface area (Å²) in [5, 5.41) is 5.26. The minimum Gasteiger partial charge on any atom is -0.464 e. The Kier molecular flexibility index (Phi) is 4.71. The number of carbonyl (C=O) groups is 1. The van der Waals surface area contributed by atoms with Crippen LogP contribution in [0.25, 0.3) is 0 Å². The number of carbonyl (C=O) groups excluding carboxylic acids is 1. The summed E-state index contributed by atoms with van der Waals surface area (Å²) in [6, 6.07) is 6.89. The van der Waals surface area contributed by atoms with E-state index < -0.39 is 10.0 Å². The Morgan fingerprint density at radius 2 is 1.92 bits per heavy atom. The van der Waals surface area contributed by atoms with Gasteiger partial charge in [-0.05, 0) is 55.5 Å². The third-order valence-electron chi connectivity index (χ3n) is 4.96. The summed E-state index contributed by atoms with van der Waals surface area (Å²) < 4.78 is 29.3. The normalized spacial score (nSPS) is 19.4. The summed E-state index contributed by atoms with van der Waals surface area (Å²) in [7, 11) is -2.22. The lowest BCUT2D eigenvalue weighted by atomic mass is 10.0. The Bertz CT molecular complexity index is 962. The SMILES string of the molecule is Cc1cc(C)c(S(N)(=O)=O)cc1C(=O)N(C)Cc1ccc([C@@H]2C[C@@H]2C)o1. The molecule has 2 aromatic rings. The van der Waals surface area contributed by atoms with Crippen molar-refractivity contribution in [1.82, 2.24) is 4.90 Å². The highest BCUT2D eigenvalue weighted by Crippen LogP contribution is 2.47. The van der Waals surface area contributed by atoms with Crippen LogP contribution in [0.4, 0.5) is 0 Å². The van der Waals surface area contributed by atoms with Gasteiger partial charge in [0.15, 0.2) is 0 Å². The number of rotatable bonds is 5. The van der Waals surface area contributed by atoms with Crippen LogP contribution in [0.5, 0.6) is 0 Å². The van der Waals surface area contributed by atoms with Gasteiger partial charge in [-0.2, -0.15) is 0 Å². The molecule has 1 aromatic heterocycles. The van der Waals surface area contributed by atoms with E-state index >= 15 is 0 Å². The Hall–Kier alpha value is -2.12. The molecule has 0 unspecified atom stereocenters. The van der Waals surface area contributed by atoms with Gasteiger partial charge >= 0.3 is 0 Å². The molecule has 6 nitrogen and oxygen atoms in total. The molecule has 1 amide bonds. The molecule has 1 aromatic carbocycles. The molecule has 0 bridgehead atoms.